The second kappa shape index (κ2) is 4.65. The van der Waals surface area contributed by atoms with E-state index in [0.29, 0.717) is 24.7 Å². The van der Waals surface area contributed by atoms with Crippen molar-refractivity contribution < 1.29 is 19.0 Å². The van der Waals surface area contributed by atoms with Crippen LogP contribution in [0.25, 0.3) is 0 Å². The number of para-hydroxylation sites is 2. The highest BCUT2D eigenvalue weighted by atomic mass is 16.6. The van der Waals surface area contributed by atoms with Gasteiger partial charge in [-0.25, -0.2) is 0 Å². The van der Waals surface area contributed by atoms with Crippen molar-refractivity contribution in [3.63, 3.8) is 0 Å². The topological polar surface area (TPSA) is 44.8 Å². The Kier molecular flexibility index (Phi) is 3.22. The number of hydrogen-bond acceptors (Lipinski definition) is 4. The summed E-state index contributed by atoms with van der Waals surface area (Å²) in [5.74, 6) is 1.12. The minimum Gasteiger partial charge on any atom is -0.486 e. The molecule has 0 fully saturated rings. The number of ether oxygens (including phenoxy) is 3. The molecule has 1 atom stereocenters. The Balaban J connectivity index is 2.07. The first kappa shape index (κ1) is 11.8. The second-order valence-electron chi connectivity index (χ2n) is 4.27. The molecule has 17 heavy (non-hydrogen) atoms. The largest absolute Gasteiger partial charge is 0.486 e. The van der Waals surface area contributed by atoms with Gasteiger partial charge in [0, 0.05) is 0 Å². The molecule has 0 saturated heterocycles. The molecule has 1 aromatic carbocycles. The first-order valence-electron chi connectivity index (χ1n) is 5.69. The van der Waals surface area contributed by atoms with Crippen molar-refractivity contribution in [1.82, 2.24) is 0 Å². The molecule has 92 valence electrons. The Morgan fingerprint density at radius 3 is 2.82 bits per heavy atom. The summed E-state index contributed by atoms with van der Waals surface area (Å²) in [6, 6.07) is 7.44. The molecule has 0 radical (unpaired) electrons. The highest BCUT2D eigenvalue weighted by Gasteiger charge is 2.35. The monoisotopic (exact) mass is 236 g/mol. The third-order valence-corrected chi connectivity index (χ3v) is 2.56. The summed E-state index contributed by atoms with van der Waals surface area (Å²) in [4.78, 5) is 11.5. The molecule has 1 aromatic rings. The minimum absolute atomic E-state index is 0.190. The van der Waals surface area contributed by atoms with Crippen LogP contribution in [0.3, 0.4) is 0 Å². The average Bonchev–Trinajstić information content (AvgIpc) is 2.28. The van der Waals surface area contributed by atoms with E-state index in [1.165, 1.54) is 0 Å². The lowest BCUT2D eigenvalue weighted by Crippen LogP contribution is -2.44. The van der Waals surface area contributed by atoms with Gasteiger partial charge in [0.05, 0.1) is 13.0 Å². The maximum atomic E-state index is 11.5. The maximum absolute atomic E-state index is 11.5. The standard InChI is InChI=1S/C13H16O4/c1-3-15-12(14)8-13(2)9-16-10-6-4-5-7-11(10)17-13/h4-7H,3,8-9H2,1-2H3. The first-order valence-corrected chi connectivity index (χ1v) is 5.69. The Labute approximate surface area is 100 Å². The van der Waals surface area contributed by atoms with Crippen LogP contribution in [0.2, 0.25) is 0 Å². The number of esters is 1. The molecule has 0 bridgehead atoms. The van der Waals surface area contributed by atoms with Gasteiger partial charge in [0.15, 0.2) is 17.1 Å². The van der Waals surface area contributed by atoms with Crippen LogP contribution in [-0.2, 0) is 9.53 Å². The molecule has 0 aromatic heterocycles. The van der Waals surface area contributed by atoms with Crippen molar-refractivity contribution in [3.8, 4) is 11.5 Å². The number of rotatable bonds is 3. The highest BCUT2D eigenvalue weighted by Crippen LogP contribution is 2.36. The Hall–Kier alpha value is -1.71. The van der Waals surface area contributed by atoms with Gasteiger partial charge in [-0.05, 0) is 26.0 Å². The lowest BCUT2D eigenvalue weighted by molar-refractivity contribution is -0.148. The lowest BCUT2D eigenvalue weighted by Gasteiger charge is -2.34. The third kappa shape index (κ3) is 2.70. The fraction of sp³-hybridized carbons (Fsp3) is 0.462. The molecule has 0 spiro atoms. The van der Waals surface area contributed by atoms with Crippen molar-refractivity contribution in [2.24, 2.45) is 0 Å². The lowest BCUT2D eigenvalue weighted by atomic mass is 10.0. The van der Waals surface area contributed by atoms with Crippen LogP contribution in [0.5, 0.6) is 11.5 Å². The molecular formula is C13H16O4. The molecule has 4 nitrogen and oxygen atoms in total. The molecule has 0 amide bonds. The van der Waals surface area contributed by atoms with Crippen LogP contribution in [0.4, 0.5) is 0 Å². The summed E-state index contributed by atoms with van der Waals surface area (Å²) in [6.07, 6.45) is 0.190. The molecule has 0 saturated carbocycles. The van der Waals surface area contributed by atoms with Gasteiger partial charge in [0.2, 0.25) is 0 Å². The van der Waals surface area contributed by atoms with E-state index in [9.17, 15) is 4.79 Å². The minimum atomic E-state index is -0.652. The SMILES string of the molecule is CCOC(=O)CC1(C)COc2ccccc2O1. The highest BCUT2D eigenvalue weighted by molar-refractivity contribution is 5.70. The van der Waals surface area contributed by atoms with Crippen LogP contribution in [0.1, 0.15) is 20.3 Å². The number of carbonyl (C=O) groups is 1. The third-order valence-electron chi connectivity index (χ3n) is 2.56. The summed E-state index contributed by atoms with van der Waals surface area (Å²) >= 11 is 0. The van der Waals surface area contributed by atoms with Crippen LogP contribution in [-0.4, -0.2) is 24.8 Å². The normalized spacial score (nSPS) is 22.0. The molecule has 0 aliphatic carbocycles. The maximum Gasteiger partial charge on any atom is 0.309 e. The number of carbonyl (C=O) groups excluding carboxylic acids is 1. The molecule has 1 aliphatic heterocycles. The van der Waals surface area contributed by atoms with E-state index in [1.807, 2.05) is 31.2 Å². The van der Waals surface area contributed by atoms with Crippen molar-refractivity contribution in [3.05, 3.63) is 24.3 Å². The summed E-state index contributed by atoms with van der Waals surface area (Å²) in [5.41, 5.74) is -0.652. The zero-order valence-corrected chi connectivity index (χ0v) is 10.1. The molecule has 0 N–H and O–H groups in total. The van der Waals surface area contributed by atoms with Crippen LogP contribution < -0.4 is 9.47 Å². The Morgan fingerprint density at radius 1 is 1.41 bits per heavy atom. The molecule has 1 heterocycles. The molecule has 1 aliphatic rings. The predicted octanol–water partition coefficient (Wildman–Crippen LogP) is 2.17. The molecule has 2 rings (SSSR count). The van der Waals surface area contributed by atoms with Crippen molar-refractivity contribution in [2.75, 3.05) is 13.2 Å². The smallest absolute Gasteiger partial charge is 0.309 e. The molecular weight excluding hydrogens is 220 g/mol. The summed E-state index contributed by atoms with van der Waals surface area (Å²) in [6.45, 7) is 4.36. The number of hydrogen-bond donors (Lipinski definition) is 0. The van der Waals surface area contributed by atoms with Gasteiger partial charge in [-0.3, -0.25) is 4.79 Å². The summed E-state index contributed by atoms with van der Waals surface area (Å²) < 4.78 is 16.3. The first-order chi connectivity index (χ1) is 8.13. The zero-order chi connectivity index (χ0) is 12.3. The van der Waals surface area contributed by atoms with Crippen LogP contribution in [0, 0.1) is 0 Å². The molecule has 4 heteroatoms. The van der Waals surface area contributed by atoms with Gasteiger partial charge in [0.25, 0.3) is 0 Å². The van der Waals surface area contributed by atoms with E-state index in [2.05, 4.69) is 0 Å². The van der Waals surface area contributed by atoms with E-state index in [4.69, 9.17) is 14.2 Å². The second-order valence-corrected chi connectivity index (χ2v) is 4.27. The van der Waals surface area contributed by atoms with E-state index >= 15 is 0 Å². The fourth-order valence-electron chi connectivity index (χ4n) is 1.78. The fourth-order valence-corrected chi connectivity index (χ4v) is 1.78. The van der Waals surface area contributed by atoms with Gasteiger partial charge < -0.3 is 14.2 Å². The average molecular weight is 236 g/mol. The van der Waals surface area contributed by atoms with E-state index < -0.39 is 5.60 Å². The van der Waals surface area contributed by atoms with Gasteiger partial charge in [-0.2, -0.15) is 0 Å². The van der Waals surface area contributed by atoms with Gasteiger partial charge in [-0.15, -0.1) is 0 Å². The van der Waals surface area contributed by atoms with Crippen LogP contribution >= 0.6 is 0 Å². The number of benzene rings is 1. The van der Waals surface area contributed by atoms with Crippen molar-refractivity contribution in [2.45, 2.75) is 25.9 Å². The quantitative estimate of drug-likeness (QED) is 0.754. The number of fused-ring (bicyclic) bond motifs is 1. The summed E-state index contributed by atoms with van der Waals surface area (Å²) in [5, 5.41) is 0. The van der Waals surface area contributed by atoms with Crippen molar-refractivity contribution >= 4 is 5.97 Å². The van der Waals surface area contributed by atoms with E-state index in [0.717, 1.165) is 0 Å². The zero-order valence-electron chi connectivity index (χ0n) is 10.1. The Morgan fingerprint density at radius 2 is 2.12 bits per heavy atom. The van der Waals surface area contributed by atoms with Gasteiger partial charge in [-0.1, -0.05) is 12.1 Å². The van der Waals surface area contributed by atoms with E-state index in [-0.39, 0.29) is 12.4 Å². The van der Waals surface area contributed by atoms with E-state index in [1.54, 1.807) is 6.92 Å². The molecule has 1 unspecified atom stereocenters. The van der Waals surface area contributed by atoms with Crippen LogP contribution in [0.15, 0.2) is 24.3 Å². The van der Waals surface area contributed by atoms with Crippen molar-refractivity contribution in [1.29, 1.82) is 0 Å². The predicted molar refractivity (Wildman–Crippen MR) is 62.2 cm³/mol. The Bertz CT molecular complexity index is 416. The van der Waals surface area contributed by atoms with Gasteiger partial charge >= 0.3 is 5.97 Å². The summed E-state index contributed by atoms with van der Waals surface area (Å²) in [7, 11) is 0. The van der Waals surface area contributed by atoms with Gasteiger partial charge in [0.1, 0.15) is 6.61 Å².